The Morgan fingerprint density at radius 3 is 0.692 bits per heavy atom. The highest BCUT2D eigenvalue weighted by Crippen LogP contribution is 2.43. The second-order valence-electron chi connectivity index (χ2n) is 29.8. The molecule has 0 spiro atoms. The Morgan fingerprint density at radius 2 is 0.481 bits per heavy atom. The molecule has 6 heteroatoms. The van der Waals surface area contributed by atoms with Gasteiger partial charge in [-0.25, -0.2) is 0 Å². The lowest BCUT2D eigenvalue weighted by molar-refractivity contribution is 0.838. The molecule has 2 aromatic heterocycles. The summed E-state index contributed by atoms with van der Waals surface area (Å²) in [6.45, 7) is 55.9. The Kier molecular flexibility index (Phi) is 43.5. The topological polar surface area (TPSA) is 0 Å². The van der Waals surface area contributed by atoms with Crippen LogP contribution in [0.15, 0.2) is 129 Å². The van der Waals surface area contributed by atoms with Crippen LogP contribution < -0.4 is 0 Å². The van der Waals surface area contributed by atoms with Crippen LogP contribution in [0.5, 0.6) is 0 Å². The summed E-state index contributed by atoms with van der Waals surface area (Å²) in [6.07, 6.45) is 22.5. The van der Waals surface area contributed by atoms with E-state index in [1.54, 1.807) is 11.3 Å². The molecular weight excluding hydrogens is 1450 g/mol. The molecule has 0 radical (unpaired) electrons. The summed E-state index contributed by atoms with van der Waals surface area (Å²) in [5.74, 6) is 50.7. The van der Waals surface area contributed by atoms with Gasteiger partial charge in [0.15, 0.2) is 0 Å². The van der Waals surface area contributed by atoms with E-state index >= 15 is 0 Å². The second kappa shape index (κ2) is 48.5. The van der Waals surface area contributed by atoms with Crippen LogP contribution in [-0.4, -0.2) is 24.2 Å². The monoisotopic (exact) mass is 1580 g/mol. The van der Waals surface area contributed by atoms with E-state index in [1.807, 2.05) is 12.1 Å². The zero-order valence-corrected chi connectivity index (χ0v) is 74.6. The van der Waals surface area contributed by atoms with Gasteiger partial charge in [0.25, 0.3) is 0 Å². The van der Waals surface area contributed by atoms with Crippen LogP contribution in [-0.2, 0) is 0 Å². The summed E-state index contributed by atoms with van der Waals surface area (Å²) in [5, 5.41) is 0. The smallest absolute Gasteiger partial charge is 0.125 e. The highest BCUT2D eigenvalue weighted by Gasteiger charge is 2.43. The molecule has 0 aliphatic heterocycles. The Hall–Kier alpha value is -6.74. The average molecular weight is 1580 g/mol. The Labute approximate surface area is 664 Å². The number of allylic oxidation sites excluding steroid dienone is 6. The standard InChI is InChI=1S/C62H80SSi2.C27H39ISi.C8H4S.CH4/c1-17-21-57(35-33-53-25-29-55(30-26-53)43-45-64(47(5)6,48(7)8)49(9)10)59(23-19-3)37-39-61-41-42-62(63-61)40-38-60(24-20-4)58(22-18-2)36-34-54-27-31-56(32-28-54)44-46-65(50(11)12,51(13)14)52(15)16;1-9-11-26(27(28)12-10-2)18-17-24-13-15-25(16-14-24)19-20-29(21(3)4,22(5)6)23(7)8;1-3-7-5-6-8(4-2)9-7;/h25-32,41-42,47-52H,17-24H2,1-16H3;13-16,21-23H,9-12H2,1-8H3;1-2,5-6H;1H4/b59-57+,60-58+;27-26+;;. The van der Waals surface area contributed by atoms with Crippen LogP contribution in [0.25, 0.3) is 0 Å². The van der Waals surface area contributed by atoms with E-state index in [1.165, 1.54) is 26.9 Å². The number of rotatable bonds is 21. The van der Waals surface area contributed by atoms with Gasteiger partial charge in [-0.05, 0) is 208 Å². The summed E-state index contributed by atoms with van der Waals surface area (Å²) in [5.41, 5.74) is 29.4. The highest BCUT2D eigenvalue weighted by atomic mass is 127. The molecule has 0 unspecified atom stereocenters. The lowest BCUT2D eigenvalue weighted by Crippen LogP contribution is -2.43. The van der Waals surface area contributed by atoms with Crippen LogP contribution >= 0.6 is 45.3 Å². The first-order valence-corrected chi connectivity index (χ1v) is 47.9. The van der Waals surface area contributed by atoms with Gasteiger partial charge in [0.1, 0.15) is 24.2 Å². The molecule has 5 rings (SSSR count). The minimum Gasteiger partial charge on any atom is -0.125 e. The van der Waals surface area contributed by atoms with E-state index in [0.29, 0.717) is 49.9 Å². The molecule has 550 valence electrons. The lowest BCUT2D eigenvalue weighted by Gasteiger charge is -2.38. The van der Waals surface area contributed by atoms with Crippen LogP contribution in [0.4, 0.5) is 0 Å². The molecule has 0 N–H and O–H groups in total. The molecule has 0 aliphatic carbocycles. The van der Waals surface area contributed by atoms with Gasteiger partial charge < -0.3 is 0 Å². The van der Waals surface area contributed by atoms with Crippen molar-refractivity contribution in [3.8, 4) is 118 Å². The molecule has 0 aliphatic rings. The Bertz CT molecular complexity index is 3970. The number of hydrogen-bond donors (Lipinski definition) is 0. The molecule has 0 atom stereocenters. The third kappa shape index (κ3) is 28.5. The van der Waals surface area contributed by atoms with Crippen molar-refractivity contribution in [1.29, 1.82) is 0 Å². The third-order valence-corrected chi connectivity index (χ3v) is 41.7. The van der Waals surface area contributed by atoms with Crippen molar-refractivity contribution in [3.05, 3.63) is 181 Å². The van der Waals surface area contributed by atoms with Gasteiger partial charge in [-0.2, -0.15) is 0 Å². The van der Waals surface area contributed by atoms with Crippen LogP contribution in [0.2, 0.25) is 49.9 Å². The van der Waals surface area contributed by atoms with E-state index in [2.05, 4.69) is 379 Å². The second-order valence-corrected chi connectivity index (χ2v) is 50.0. The average Bonchev–Trinajstić information content (AvgIpc) is 1.52. The van der Waals surface area contributed by atoms with Crippen LogP contribution in [0.1, 0.15) is 304 Å². The molecule has 3 aromatic carbocycles. The minimum absolute atomic E-state index is 0. The molecule has 0 nitrogen and oxygen atoms in total. The molecule has 0 saturated heterocycles. The van der Waals surface area contributed by atoms with Gasteiger partial charge in [-0.15, -0.1) is 52.2 Å². The number of thiophene rings is 2. The summed E-state index contributed by atoms with van der Waals surface area (Å²) in [7, 11) is -5.24. The first-order chi connectivity index (χ1) is 49.0. The summed E-state index contributed by atoms with van der Waals surface area (Å²) >= 11 is 5.60. The van der Waals surface area contributed by atoms with E-state index < -0.39 is 24.2 Å². The van der Waals surface area contributed by atoms with Crippen molar-refractivity contribution in [2.75, 3.05) is 0 Å². The third-order valence-electron chi connectivity index (χ3n) is 19.8. The summed E-state index contributed by atoms with van der Waals surface area (Å²) in [6, 6.07) is 33.5. The van der Waals surface area contributed by atoms with Gasteiger partial charge in [-0.1, -0.05) is 301 Å². The SMILES string of the molecule is C.C#Cc1ccc(C#C)s1.CCC/C(C#Cc1ccc(C#C[Si](C(C)C)(C(C)C)C(C)C)cc1)=C(\C#Cc1ccc(C#C/C(CCC)=C(/C#Cc2ccc(C#C[Si](C(C)C)(C(C)C)C(C)C)cc2)CCC)s1)CCC.CCC/C(I)=C(\C#Cc1ccc(C#C[Si](C(C)C)(C(C)C)C(C)C)cc1)CCC. The fourth-order valence-corrected chi connectivity index (χ4v) is 32.4. The van der Waals surface area contributed by atoms with Crippen molar-refractivity contribution in [2.45, 2.75) is 301 Å². The molecular formula is C98H127IS2Si3. The quantitative estimate of drug-likeness (QED) is 0.0390. The number of terminal acetylenes is 2. The van der Waals surface area contributed by atoms with Crippen LogP contribution in [0, 0.1) is 118 Å². The van der Waals surface area contributed by atoms with E-state index in [-0.39, 0.29) is 7.43 Å². The van der Waals surface area contributed by atoms with Gasteiger partial charge >= 0.3 is 0 Å². The van der Waals surface area contributed by atoms with Crippen molar-refractivity contribution >= 4 is 69.5 Å². The van der Waals surface area contributed by atoms with Crippen molar-refractivity contribution in [1.82, 2.24) is 0 Å². The number of benzene rings is 3. The lowest BCUT2D eigenvalue weighted by atomic mass is 9.99. The molecule has 0 bridgehead atoms. The Balaban J connectivity index is 0.000000770. The highest BCUT2D eigenvalue weighted by molar-refractivity contribution is 14.1. The maximum Gasteiger partial charge on any atom is 0.146 e. The first kappa shape index (κ1) is 93.3. The molecule has 0 amide bonds. The molecule has 0 saturated carbocycles. The van der Waals surface area contributed by atoms with Crippen molar-refractivity contribution in [2.24, 2.45) is 0 Å². The summed E-state index contributed by atoms with van der Waals surface area (Å²) in [4.78, 5) is 3.83. The predicted molar refractivity (Wildman–Crippen MR) is 483 cm³/mol. The van der Waals surface area contributed by atoms with Gasteiger partial charge in [0.2, 0.25) is 0 Å². The maximum absolute atomic E-state index is 5.11. The molecule has 2 heterocycles. The molecule has 104 heavy (non-hydrogen) atoms. The van der Waals surface area contributed by atoms with Gasteiger partial charge in [0, 0.05) is 64.8 Å². The maximum atomic E-state index is 5.11. The fourth-order valence-electron chi connectivity index (χ4n) is 14.5. The molecule has 5 aromatic rings. The van der Waals surface area contributed by atoms with Crippen LogP contribution in [0.3, 0.4) is 0 Å². The fraction of sp³-hybridized carbons (Fsp3) is 0.469. The zero-order valence-electron chi connectivity index (χ0n) is 67.8. The van der Waals surface area contributed by atoms with E-state index in [9.17, 15) is 0 Å². The summed E-state index contributed by atoms with van der Waals surface area (Å²) < 4.78 is 1.42. The normalized spacial score (nSPS) is 11.7. The Morgan fingerprint density at radius 1 is 0.288 bits per heavy atom. The van der Waals surface area contributed by atoms with Crippen molar-refractivity contribution in [3.63, 3.8) is 0 Å². The number of hydrogen-bond acceptors (Lipinski definition) is 2. The molecule has 0 fully saturated rings. The predicted octanol–water partition coefficient (Wildman–Crippen LogP) is 28.7. The largest absolute Gasteiger partial charge is 0.146 e. The number of halogens is 1. The van der Waals surface area contributed by atoms with E-state index in [4.69, 9.17) is 12.8 Å². The van der Waals surface area contributed by atoms with Crippen molar-refractivity contribution < 1.29 is 0 Å². The first-order valence-electron chi connectivity index (χ1n) is 38.5. The minimum atomic E-state index is -1.78. The zero-order chi connectivity index (χ0) is 76.9. The van der Waals surface area contributed by atoms with Gasteiger partial charge in [-0.3, -0.25) is 0 Å². The van der Waals surface area contributed by atoms with Gasteiger partial charge in [0.05, 0.1) is 19.5 Å². The van der Waals surface area contributed by atoms with E-state index in [0.717, 1.165) is 146 Å².